The van der Waals surface area contributed by atoms with Crippen molar-refractivity contribution in [3.05, 3.63) is 87.2 Å². The second-order valence-corrected chi connectivity index (χ2v) is 9.82. The van der Waals surface area contributed by atoms with Crippen LogP contribution in [0.1, 0.15) is 17.8 Å². The maximum Gasteiger partial charge on any atom is 0.326 e. The molecule has 2 heterocycles. The number of aryl methyl sites for hydroxylation is 2. The highest BCUT2D eigenvalue weighted by Crippen LogP contribution is 2.17. The van der Waals surface area contributed by atoms with Gasteiger partial charge in [-0.25, -0.2) is 24.5 Å². The summed E-state index contributed by atoms with van der Waals surface area (Å²) in [5.74, 6) is 0.921. The lowest BCUT2D eigenvalue weighted by atomic mass is 10.3. The Morgan fingerprint density at radius 1 is 0.714 bits per heavy atom. The molecule has 0 bridgehead atoms. The van der Waals surface area contributed by atoms with Crippen LogP contribution in [0.5, 0.6) is 0 Å². The molecule has 0 spiro atoms. The van der Waals surface area contributed by atoms with E-state index in [1.54, 1.807) is 74.5 Å². The molecule has 0 fully saturated rings. The molecular formula is C27H28Cl3N9O3. The van der Waals surface area contributed by atoms with E-state index in [-0.39, 0.29) is 23.7 Å². The maximum atomic E-state index is 12.0. The first-order chi connectivity index (χ1) is 20.1. The number of amides is 4. The number of aliphatic hydroxyl groups excluding tert-OH is 1. The maximum absolute atomic E-state index is 12.0. The predicted octanol–water partition coefficient (Wildman–Crippen LogP) is 6.61. The summed E-state index contributed by atoms with van der Waals surface area (Å²) in [6, 6.07) is 16.1. The number of aliphatic hydroxyl groups is 1. The molecule has 0 radical (unpaired) electrons. The Morgan fingerprint density at radius 2 is 1.24 bits per heavy atom. The molecule has 4 aromatic rings. The predicted molar refractivity (Wildman–Crippen MR) is 167 cm³/mol. The van der Waals surface area contributed by atoms with Crippen LogP contribution < -0.4 is 26.6 Å². The Balaban J connectivity index is 0.000000235. The molecule has 0 saturated heterocycles. The second kappa shape index (κ2) is 16.3. The number of benzene rings is 2. The van der Waals surface area contributed by atoms with Gasteiger partial charge in [0.15, 0.2) is 0 Å². The number of nitrogens with zero attached hydrogens (tertiary/aromatic N) is 4. The Hall–Kier alpha value is -4.23. The zero-order valence-corrected chi connectivity index (χ0v) is 24.8. The fourth-order valence-corrected chi connectivity index (χ4v) is 3.88. The largest absolute Gasteiger partial charge is 0.396 e. The summed E-state index contributed by atoms with van der Waals surface area (Å²) < 4.78 is 0. The van der Waals surface area contributed by atoms with Crippen LogP contribution in [0.3, 0.4) is 0 Å². The second-order valence-electron chi connectivity index (χ2n) is 8.56. The zero-order valence-electron chi connectivity index (χ0n) is 22.6. The molecule has 0 saturated carbocycles. The Kier molecular flexibility index (Phi) is 12.5. The van der Waals surface area contributed by atoms with Crippen LogP contribution in [-0.2, 0) is 0 Å². The van der Waals surface area contributed by atoms with Crippen molar-refractivity contribution in [3.63, 3.8) is 0 Å². The molecular weight excluding hydrogens is 605 g/mol. The Morgan fingerprint density at radius 3 is 1.74 bits per heavy atom. The number of rotatable bonds is 8. The highest BCUT2D eigenvalue weighted by molar-refractivity contribution is 6.31. The number of hydrogen-bond acceptors (Lipinski definition) is 8. The minimum atomic E-state index is -0.469. The van der Waals surface area contributed by atoms with Crippen molar-refractivity contribution in [2.45, 2.75) is 20.3 Å². The van der Waals surface area contributed by atoms with Crippen LogP contribution in [0.4, 0.5) is 38.7 Å². The van der Waals surface area contributed by atoms with Gasteiger partial charge in [-0.15, -0.1) is 0 Å². The lowest BCUT2D eigenvalue weighted by molar-refractivity contribution is 0.261. The van der Waals surface area contributed by atoms with Crippen molar-refractivity contribution < 1.29 is 14.7 Å². The topological polar surface area (TPSA) is 166 Å². The van der Waals surface area contributed by atoms with Gasteiger partial charge in [0.1, 0.15) is 11.0 Å². The van der Waals surface area contributed by atoms with Gasteiger partial charge in [-0.1, -0.05) is 46.9 Å². The van der Waals surface area contributed by atoms with Crippen LogP contribution in [0, 0.1) is 13.8 Å². The normalized spacial score (nSPS) is 10.1. The molecule has 0 atom stereocenters. The first kappa shape index (κ1) is 32.3. The number of carbonyl (C=O) groups excluding carboxylic acids is 2. The van der Waals surface area contributed by atoms with Crippen LogP contribution in [0.15, 0.2) is 60.7 Å². The quantitative estimate of drug-likeness (QED) is 0.0932. The number of urea groups is 2. The van der Waals surface area contributed by atoms with Gasteiger partial charge in [0.2, 0.25) is 11.9 Å². The third-order valence-electron chi connectivity index (χ3n) is 4.93. The third kappa shape index (κ3) is 11.7. The summed E-state index contributed by atoms with van der Waals surface area (Å²) in [4.78, 5) is 40.0. The van der Waals surface area contributed by atoms with E-state index in [4.69, 9.17) is 39.9 Å². The molecule has 0 aliphatic heterocycles. The van der Waals surface area contributed by atoms with Gasteiger partial charge in [0, 0.05) is 52.0 Å². The average molecular weight is 633 g/mol. The van der Waals surface area contributed by atoms with Gasteiger partial charge in [-0.2, -0.15) is 4.98 Å². The van der Waals surface area contributed by atoms with Crippen LogP contribution in [-0.4, -0.2) is 50.3 Å². The minimum Gasteiger partial charge on any atom is -0.396 e. The first-order valence-corrected chi connectivity index (χ1v) is 13.6. The molecule has 6 N–H and O–H groups in total. The smallest absolute Gasteiger partial charge is 0.326 e. The molecule has 0 aliphatic rings. The summed E-state index contributed by atoms with van der Waals surface area (Å²) in [6.07, 6.45) is 0.612. The van der Waals surface area contributed by atoms with Crippen molar-refractivity contribution in [2.24, 2.45) is 0 Å². The zero-order chi connectivity index (χ0) is 30.5. The fraction of sp³-hybridized carbons (Fsp3) is 0.185. The highest BCUT2D eigenvalue weighted by Gasteiger charge is 2.08. The van der Waals surface area contributed by atoms with Gasteiger partial charge < -0.3 is 21.1 Å². The van der Waals surface area contributed by atoms with E-state index in [0.717, 1.165) is 0 Å². The number of anilines is 5. The van der Waals surface area contributed by atoms with E-state index >= 15 is 0 Å². The van der Waals surface area contributed by atoms with Crippen LogP contribution >= 0.6 is 34.8 Å². The highest BCUT2D eigenvalue weighted by atomic mass is 35.5. The van der Waals surface area contributed by atoms with E-state index < -0.39 is 12.1 Å². The lowest BCUT2D eigenvalue weighted by Crippen LogP contribution is -2.21. The molecule has 2 aromatic carbocycles. The van der Waals surface area contributed by atoms with E-state index in [2.05, 4.69) is 46.5 Å². The monoisotopic (exact) mass is 631 g/mol. The number of hydrogen-bond donors (Lipinski definition) is 6. The first-order valence-electron chi connectivity index (χ1n) is 12.5. The number of aromatic nitrogens is 4. The van der Waals surface area contributed by atoms with Crippen molar-refractivity contribution in [3.8, 4) is 0 Å². The van der Waals surface area contributed by atoms with Crippen molar-refractivity contribution in [2.75, 3.05) is 39.7 Å². The van der Waals surface area contributed by atoms with Gasteiger partial charge in [0.25, 0.3) is 0 Å². The third-order valence-corrected chi connectivity index (χ3v) is 5.60. The average Bonchev–Trinajstić information content (AvgIpc) is 2.88. The van der Waals surface area contributed by atoms with E-state index in [0.29, 0.717) is 51.6 Å². The number of halogens is 3. The molecule has 15 heteroatoms. The van der Waals surface area contributed by atoms with Crippen LogP contribution in [0.2, 0.25) is 15.2 Å². The van der Waals surface area contributed by atoms with Crippen molar-refractivity contribution in [1.82, 2.24) is 19.9 Å². The molecule has 4 amide bonds. The minimum absolute atomic E-state index is 0.101. The lowest BCUT2D eigenvalue weighted by Gasteiger charge is -2.10. The standard InChI is InChI=1S/C15H18ClN5O2.C12H10Cl2N4O/c1-10-8-13(17-6-3-7-22)20-14(18-10)21-15(23)19-12-5-2-4-11(16)9-12;1-7-5-10(14)17-11(15-7)18-12(19)16-9-4-2-3-8(13)6-9/h2,4-5,8-9,22H,3,6-7H2,1H3,(H3,17,18,19,20,21,23);2-6H,1H3,(H2,15,16,17,18,19). The fourth-order valence-electron chi connectivity index (χ4n) is 3.26. The number of carbonyl (C=O) groups is 2. The Bertz CT molecular complexity index is 1510. The summed E-state index contributed by atoms with van der Waals surface area (Å²) in [5.41, 5.74) is 2.52. The van der Waals surface area contributed by atoms with Gasteiger partial charge in [0.05, 0.1) is 0 Å². The summed E-state index contributed by atoms with van der Waals surface area (Å²) in [5, 5.41) is 23.5. The molecule has 12 nitrogen and oxygen atoms in total. The van der Waals surface area contributed by atoms with Crippen molar-refractivity contribution in [1.29, 1.82) is 0 Å². The number of nitrogens with one attached hydrogen (secondary N) is 5. The van der Waals surface area contributed by atoms with Crippen LogP contribution in [0.25, 0.3) is 0 Å². The Labute approximate surface area is 257 Å². The van der Waals surface area contributed by atoms with Gasteiger partial charge in [-0.3, -0.25) is 10.6 Å². The van der Waals surface area contributed by atoms with Crippen molar-refractivity contribution >= 4 is 76.0 Å². The summed E-state index contributed by atoms with van der Waals surface area (Å²) in [6.45, 7) is 4.25. The molecule has 220 valence electrons. The molecule has 0 unspecified atom stereocenters. The SMILES string of the molecule is Cc1cc(Cl)nc(NC(=O)Nc2cccc(Cl)c2)n1.Cc1cc(NCCCO)nc(NC(=O)Nc2cccc(Cl)c2)n1. The van der Waals surface area contributed by atoms with Gasteiger partial charge >= 0.3 is 12.1 Å². The van der Waals surface area contributed by atoms with E-state index in [9.17, 15) is 9.59 Å². The summed E-state index contributed by atoms with van der Waals surface area (Å²) in [7, 11) is 0. The van der Waals surface area contributed by atoms with E-state index in [1.165, 1.54) is 0 Å². The molecule has 42 heavy (non-hydrogen) atoms. The molecule has 2 aromatic heterocycles. The molecule has 4 rings (SSSR count). The van der Waals surface area contributed by atoms with Gasteiger partial charge in [-0.05, 0) is 62.7 Å². The molecule has 0 aliphatic carbocycles. The van der Waals surface area contributed by atoms with E-state index in [1.807, 2.05) is 0 Å². The summed E-state index contributed by atoms with van der Waals surface area (Å²) >= 11 is 17.5.